The van der Waals surface area contributed by atoms with Gasteiger partial charge in [-0.3, -0.25) is 0 Å². The van der Waals surface area contributed by atoms with E-state index < -0.39 is 0 Å². The molecule has 0 radical (unpaired) electrons. The van der Waals surface area contributed by atoms with Crippen molar-refractivity contribution in [2.45, 2.75) is 0 Å². The van der Waals surface area contributed by atoms with Gasteiger partial charge in [-0.25, -0.2) is 0 Å². The first kappa shape index (κ1) is 11.9. The fraction of sp³-hybridized carbons (Fsp3) is 0. The van der Waals surface area contributed by atoms with Crippen LogP contribution < -0.4 is 0 Å². The Kier molecular flexibility index (Phi) is 3.57. The normalized spacial score (nSPS) is 10.1. The Morgan fingerprint density at radius 2 is 1.32 bits per heavy atom. The van der Waals surface area contributed by atoms with Crippen molar-refractivity contribution in [3.8, 4) is 0 Å². The van der Waals surface area contributed by atoms with Crippen LogP contribution in [0.2, 0.25) is 0 Å². The molecule has 0 saturated carbocycles. The van der Waals surface area contributed by atoms with Crippen LogP contribution in [0.1, 0.15) is 16.7 Å². The molecule has 0 aliphatic rings. The minimum atomic E-state index is 1.25. The molecule has 1 aromatic heterocycles. The van der Waals surface area contributed by atoms with E-state index >= 15 is 0 Å². The van der Waals surface area contributed by atoms with Crippen molar-refractivity contribution in [1.82, 2.24) is 0 Å². The van der Waals surface area contributed by atoms with Gasteiger partial charge in [-0.05, 0) is 45.2 Å². The lowest BCUT2D eigenvalue weighted by Crippen LogP contribution is -1.87. The molecule has 0 aliphatic carbocycles. The molecule has 2 aromatic carbocycles. The van der Waals surface area contributed by atoms with Crippen LogP contribution in [0.25, 0.3) is 11.6 Å². The summed E-state index contributed by atoms with van der Waals surface area (Å²) >= 11 is 1.73. The van der Waals surface area contributed by atoms with Crippen LogP contribution in [-0.2, 0) is 0 Å². The smallest absolute Gasteiger partial charge is 0.00205 e. The van der Waals surface area contributed by atoms with E-state index in [4.69, 9.17) is 0 Å². The van der Waals surface area contributed by atoms with E-state index in [0.29, 0.717) is 0 Å². The third-order valence-corrected chi connectivity index (χ3v) is 3.73. The van der Waals surface area contributed by atoms with Gasteiger partial charge < -0.3 is 0 Å². The lowest BCUT2D eigenvalue weighted by molar-refractivity contribution is 1.56. The number of rotatable bonds is 3. The summed E-state index contributed by atoms with van der Waals surface area (Å²) in [6.45, 7) is 0. The molecule has 0 nitrogen and oxygen atoms in total. The van der Waals surface area contributed by atoms with E-state index in [0.717, 1.165) is 0 Å². The zero-order chi connectivity index (χ0) is 12.9. The molecule has 0 fully saturated rings. The molecule has 0 amide bonds. The molecule has 0 saturated heterocycles. The highest BCUT2D eigenvalue weighted by molar-refractivity contribution is 7.08. The molecule has 0 unspecified atom stereocenters. The summed E-state index contributed by atoms with van der Waals surface area (Å²) in [4.78, 5) is 0. The van der Waals surface area contributed by atoms with E-state index in [-0.39, 0.29) is 0 Å². The summed E-state index contributed by atoms with van der Waals surface area (Å²) in [5, 5.41) is 4.28. The quantitative estimate of drug-likeness (QED) is 0.598. The van der Waals surface area contributed by atoms with E-state index in [1.165, 1.54) is 22.3 Å². The van der Waals surface area contributed by atoms with Crippen molar-refractivity contribution in [2.24, 2.45) is 0 Å². The zero-order valence-electron chi connectivity index (χ0n) is 10.5. The van der Waals surface area contributed by atoms with Crippen molar-refractivity contribution in [1.29, 1.82) is 0 Å². The van der Waals surface area contributed by atoms with Crippen LogP contribution in [0.15, 0.2) is 77.5 Å². The zero-order valence-corrected chi connectivity index (χ0v) is 11.3. The van der Waals surface area contributed by atoms with Crippen molar-refractivity contribution >= 4 is 23.0 Å². The summed E-state index contributed by atoms with van der Waals surface area (Å²) < 4.78 is 0. The molecule has 1 heteroatoms. The SMILES string of the molecule is C(=C(c1ccccc1)c1ccccc1)c1ccsc1. The Hall–Kier alpha value is -2.12. The third kappa shape index (κ3) is 2.83. The number of hydrogen-bond donors (Lipinski definition) is 0. The molecule has 92 valence electrons. The molecule has 19 heavy (non-hydrogen) atoms. The first-order valence-corrected chi connectivity index (χ1v) is 7.22. The van der Waals surface area contributed by atoms with Crippen LogP contribution in [0, 0.1) is 0 Å². The van der Waals surface area contributed by atoms with Gasteiger partial charge in [-0.2, -0.15) is 11.3 Å². The molecule has 0 N–H and O–H groups in total. The Balaban J connectivity index is 2.12. The fourth-order valence-corrected chi connectivity index (χ4v) is 2.71. The van der Waals surface area contributed by atoms with Crippen LogP contribution >= 0.6 is 11.3 Å². The summed E-state index contributed by atoms with van der Waals surface area (Å²) in [5.41, 5.74) is 5.02. The Bertz CT molecular complexity index is 608. The van der Waals surface area contributed by atoms with Gasteiger partial charge in [-0.1, -0.05) is 60.7 Å². The monoisotopic (exact) mass is 262 g/mol. The third-order valence-electron chi connectivity index (χ3n) is 3.02. The molecule has 1 heterocycles. The molecule has 3 rings (SSSR count). The fourth-order valence-electron chi connectivity index (χ4n) is 2.09. The lowest BCUT2D eigenvalue weighted by Gasteiger charge is -2.08. The highest BCUT2D eigenvalue weighted by atomic mass is 32.1. The molecule has 0 spiro atoms. The van der Waals surface area contributed by atoms with E-state index in [9.17, 15) is 0 Å². The van der Waals surface area contributed by atoms with Gasteiger partial charge in [0, 0.05) is 0 Å². The highest BCUT2D eigenvalue weighted by Gasteiger charge is 2.04. The van der Waals surface area contributed by atoms with Gasteiger partial charge in [0.1, 0.15) is 0 Å². The molecule has 0 atom stereocenters. The average molecular weight is 262 g/mol. The van der Waals surface area contributed by atoms with Gasteiger partial charge in [0.25, 0.3) is 0 Å². The second-order valence-corrected chi connectivity index (χ2v) is 5.13. The minimum Gasteiger partial charge on any atom is -0.152 e. The predicted molar refractivity (Wildman–Crippen MR) is 84.2 cm³/mol. The van der Waals surface area contributed by atoms with E-state index in [1.807, 2.05) is 0 Å². The van der Waals surface area contributed by atoms with Gasteiger partial charge in [-0.15, -0.1) is 0 Å². The topological polar surface area (TPSA) is 0 Å². The number of thiophene rings is 1. The van der Waals surface area contributed by atoms with Gasteiger partial charge in [0.2, 0.25) is 0 Å². The first-order valence-electron chi connectivity index (χ1n) is 6.28. The van der Waals surface area contributed by atoms with Crippen molar-refractivity contribution < 1.29 is 0 Å². The van der Waals surface area contributed by atoms with E-state index in [2.05, 4.69) is 83.6 Å². The summed E-state index contributed by atoms with van der Waals surface area (Å²) in [6, 6.07) is 23.2. The summed E-state index contributed by atoms with van der Waals surface area (Å²) in [5.74, 6) is 0. The second kappa shape index (κ2) is 5.68. The summed E-state index contributed by atoms with van der Waals surface area (Å²) in [6.07, 6.45) is 2.25. The maximum Gasteiger partial charge on any atom is -0.00205 e. The standard InChI is InChI=1S/C18H14S/c1-3-7-16(8-4-1)18(13-15-11-12-19-14-15)17-9-5-2-6-10-17/h1-14H. The molecule has 0 bridgehead atoms. The minimum absolute atomic E-state index is 1.25. The number of benzene rings is 2. The van der Waals surface area contributed by atoms with Crippen LogP contribution in [-0.4, -0.2) is 0 Å². The van der Waals surface area contributed by atoms with Gasteiger partial charge in [0.15, 0.2) is 0 Å². The predicted octanol–water partition coefficient (Wildman–Crippen LogP) is 5.34. The maximum absolute atomic E-state index is 2.25. The Morgan fingerprint density at radius 1 is 0.737 bits per heavy atom. The second-order valence-electron chi connectivity index (χ2n) is 4.35. The molecular weight excluding hydrogens is 248 g/mol. The average Bonchev–Trinajstić information content (AvgIpc) is 3.00. The van der Waals surface area contributed by atoms with Crippen LogP contribution in [0.4, 0.5) is 0 Å². The molecule has 3 aromatic rings. The Labute approximate surface area is 117 Å². The first-order chi connectivity index (χ1) is 9.43. The van der Waals surface area contributed by atoms with E-state index in [1.54, 1.807) is 11.3 Å². The number of hydrogen-bond acceptors (Lipinski definition) is 1. The van der Waals surface area contributed by atoms with Gasteiger partial charge in [0.05, 0.1) is 0 Å². The largest absolute Gasteiger partial charge is 0.152 e. The molecular formula is C18H14S. The van der Waals surface area contributed by atoms with Crippen molar-refractivity contribution in [2.75, 3.05) is 0 Å². The Morgan fingerprint density at radius 3 is 1.79 bits per heavy atom. The van der Waals surface area contributed by atoms with Crippen LogP contribution in [0.5, 0.6) is 0 Å². The molecule has 0 aliphatic heterocycles. The lowest BCUT2D eigenvalue weighted by atomic mass is 9.96. The highest BCUT2D eigenvalue weighted by Crippen LogP contribution is 2.26. The van der Waals surface area contributed by atoms with Gasteiger partial charge >= 0.3 is 0 Å². The van der Waals surface area contributed by atoms with Crippen molar-refractivity contribution in [3.63, 3.8) is 0 Å². The van der Waals surface area contributed by atoms with Crippen LogP contribution in [0.3, 0.4) is 0 Å². The van der Waals surface area contributed by atoms with Crippen molar-refractivity contribution in [3.05, 3.63) is 94.2 Å². The maximum atomic E-state index is 2.25. The summed E-state index contributed by atoms with van der Waals surface area (Å²) in [7, 11) is 0.